The number of fused-ring (bicyclic) bond motifs is 2. The summed E-state index contributed by atoms with van der Waals surface area (Å²) in [6, 6.07) is 4.01. The van der Waals surface area contributed by atoms with Gasteiger partial charge in [0, 0.05) is 5.69 Å². The number of aldehydes is 1. The van der Waals surface area contributed by atoms with Gasteiger partial charge < -0.3 is 10.3 Å². The third kappa shape index (κ3) is 4.20. The van der Waals surface area contributed by atoms with Gasteiger partial charge in [-0.05, 0) is 61.9 Å². The van der Waals surface area contributed by atoms with E-state index in [0.717, 1.165) is 36.7 Å². The van der Waals surface area contributed by atoms with Gasteiger partial charge in [-0.1, -0.05) is 27.7 Å². The molecule has 0 bridgehead atoms. The molecule has 0 spiro atoms. The molecule has 0 saturated heterocycles. The maximum absolute atomic E-state index is 10.8. The first kappa shape index (κ1) is 17.7. The molecule has 2 aromatic rings. The first-order chi connectivity index (χ1) is 10.9. The van der Waals surface area contributed by atoms with Crippen LogP contribution in [0.4, 0.5) is 0 Å². The average molecular weight is 315 g/mol. The van der Waals surface area contributed by atoms with Crippen molar-refractivity contribution in [1.82, 2.24) is 15.3 Å². The number of carbonyl (C=O) groups is 1. The lowest BCUT2D eigenvalue weighted by atomic mass is 9.71. The van der Waals surface area contributed by atoms with Crippen molar-refractivity contribution in [2.75, 3.05) is 13.6 Å². The highest BCUT2D eigenvalue weighted by Gasteiger charge is 2.29. The Morgan fingerprint density at radius 3 is 2.65 bits per heavy atom. The minimum atomic E-state index is 0.344. The summed E-state index contributed by atoms with van der Waals surface area (Å²) < 4.78 is 0. The fraction of sp³-hybridized carbons (Fsp3) is 0.579. The number of carbonyl (C=O) groups excluding carboxylic acids is 1. The van der Waals surface area contributed by atoms with Crippen LogP contribution in [-0.2, 0) is 12.8 Å². The number of nitrogens with one attached hydrogen (secondary N) is 2. The molecule has 23 heavy (non-hydrogen) atoms. The SMILES string of the molecule is CC(C)(C)C1CCc2nc3cc(C=O)[nH]c3cc2C1.CCNC. The molecule has 2 heterocycles. The van der Waals surface area contributed by atoms with E-state index in [0.29, 0.717) is 17.0 Å². The van der Waals surface area contributed by atoms with E-state index in [1.54, 1.807) is 0 Å². The van der Waals surface area contributed by atoms with Gasteiger partial charge in [0.15, 0.2) is 6.29 Å². The van der Waals surface area contributed by atoms with Crippen LogP contribution in [0.25, 0.3) is 11.0 Å². The maximum Gasteiger partial charge on any atom is 0.166 e. The molecule has 126 valence electrons. The lowest BCUT2D eigenvalue weighted by Gasteiger charge is -2.34. The molecule has 0 aromatic carbocycles. The van der Waals surface area contributed by atoms with E-state index in [1.165, 1.54) is 17.7 Å². The summed E-state index contributed by atoms with van der Waals surface area (Å²) in [4.78, 5) is 18.7. The summed E-state index contributed by atoms with van der Waals surface area (Å²) in [5.41, 5.74) is 5.40. The Hall–Kier alpha value is -1.68. The number of rotatable bonds is 2. The topological polar surface area (TPSA) is 57.8 Å². The molecule has 4 heteroatoms. The van der Waals surface area contributed by atoms with E-state index in [1.807, 2.05) is 13.1 Å². The number of pyridine rings is 1. The van der Waals surface area contributed by atoms with Crippen molar-refractivity contribution in [1.29, 1.82) is 0 Å². The zero-order valence-electron chi connectivity index (χ0n) is 15.0. The van der Waals surface area contributed by atoms with Crippen LogP contribution in [0.15, 0.2) is 12.1 Å². The molecule has 1 aliphatic rings. The third-order valence-corrected chi connectivity index (χ3v) is 4.69. The number of nitrogens with zero attached hydrogens (tertiary/aromatic N) is 1. The van der Waals surface area contributed by atoms with Crippen LogP contribution >= 0.6 is 0 Å². The van der Waals surface area contributed by atoms with Crippen LogP contribution in [-0.4, -0.2) is 29.8 Å². The largest absolute Gasteiger partial charge is 0.351 e. The van der Waals surface area contributed by atoms with Crippen molar-refractivity contribution in [3.8, 4) is 0 Å². The number of aromatic amines is 1. The summed E-state index contributed by atoms with van der Waals surface area (Å²) >= 11 is 0. The van der Waals surface area contributed by atoms with E-state index in [2.05, 4.69) is 44.1 Å². The second-order valence-electron chi connectivity index (χ2n) is 7.38. The van der Waals surface area contributed by atoms with E-state index in [9.17, 15) is 4.79 Å². The Balaban J connectivity index is 0.000000433. The first-order valence-electron chi connectivity index (χ1n) is 8.50. The molecule has 0 saturated carbocycles. The molecule has 0 amide bonds. The first-order valence-corrected chi connectivity index (χ1v) is 8.50. The van der Waals surface area contributed by atoms with Gasteiger partial charge in [-0.25, -0.2) is 0 Å². The summed E-state index contributed by atoms with van der Waals surface area (Å²) in [5, 5.41) is 2.93. The quantitative estimate of drug-likeness (QED) is 0.830. The molecule has 1 aliphatic carbocycles. The summed E-state index contributed by atoms with van der Waals surface area (Å²) in [6.45, 7) is 10.1. The number of hydrogen-bond donors (Lipinski definition) is 2. The molecule has 2 N–H and O–H groups in total. The molecule has 4 nitrogen and oxygen atoms in total. The normalized spacial score (nSPS) is 17.3. The maximum atomic E-state index is 10.8. The van der Waals surface area contributed by atoms with Gasteiger partial charge in [-0.15, -0.1) is 0 Å². The lowest BCUT2D eigenvalue weighted by molar-refractivity contribution is 0.112. The Kier molecular flexibility index (Phi) is 5.58. The lowest BCUT2D eigenvalue weighted by Crippen LogP contribution is -2.27. The summed E-state index contributed by atoms with van der Waals surface area (Å²) in [5.74, 6) is 0.708. The monoisotopic (exact) mass is 315 g/mol. The van der Waals surface area contributed by atoms with Crippen LogP contribution in [0.5, 0.6) is 0 Å². The van der Waals surface area contributed by atoms with Crippen LogP contribution in [0.2, 0.25) is 0 Å². The molecule has 1 unspecified atom stereocenters. The van der Waals surface area contributed by atoms with E-state index in [4.69, 9.17) is 4.98 Å². The van der Waals surface area contributed by atoms with E-state index < -0.39 is 0 Å². The van der Waals surface area contributed by atoms with Gasteiger partial charge in [0.25, 0.3) is 0 Å². The second kappa shape index (κ2) is 7.26. The van der Waals surface area contributed by atoms with Crippen LogP contribution in [0.3, 0.4) is 0 Å². The van der Waals surface area contributed by atoms with Crippen LogP contribution < -0.4 is 5.32 Å². The van der Waals surface area contributed by atoms with Gasteiger partial charge in [0.2, 0.25) is 0 Å². The zero-order valence-corrected chi connectivity index (χ0v) is 15.0. The van der Waals surface area contributed by atoms with Crippen molar-refractivity contribution < 1.29 is 4.79 Å². The molecule has 0 fully saturated rings. The molecular formula is C19H29N3O. The van der Waals surface area contributed by atoms with E-state index in [-0.39, 0.29) is 0 Å². The van der Waals surface area contributed by atoms with Gasteiger partial charge in [0.1, 0.15) is 0 Å². The standard InChI is InChI=1S/C16H20N2O.C3H9N/c1-16(2,3)11-4-5-13-10(6-11)7-14-15(18-13)8-12(9-19)17-14;1-3-4-2/h7-9,11,17H,4-6H2,1-3H3;4H,3H2,1-2H3. The Bertz CT molecular complexity index is 665. The van der Waals surface area contributed by atoms with Crippen LogP contribution in [0.1, 0.15) is 55.9 Å². The predicted molar refractivity (Wildman–Crippen MR) is 96.1 cm³/mol. The van der Waals surface area contributed by atoms with Gasteiger partial charge in [0.05, 0.1) is 16.7 Å². The van der Waals surface area contributed by atoms with Gasteiger partial charge in [-0.3, -0.25) is 9.78 Å². The molecule has 1 atom stereocenters. The van der Waals surface area contributed by atoms with Crippen molar-refractivity contribution >= 4 is 17.3 Å². The van der Waals surface area contributed by atoms with Crippen LogP contribution in [0, 0.1) is 11.3 Å². The average Bonchev–Trinajstić information content (AvgIpc) is 2.93. The highest BCUT2D eigenvalue weighted by atomic mass is 16.1. The number of aryl methyl sites for hydroxylation is 1. The van der Waals surface area contributed by atoms with E-state index >= 15 is 0 Å². The van der Waals surface area contributed by atoms with Gasteiger partial charge in [-0.2, -0.15) is 0 Å². The number of H-pyrrole nitrogens is 1. The molecule has 0 radical (unpaired) electrons. The minimum Gasteiger partial charge on any atom is -0.351 e. The Morgan fingerprint density at radius 2 is 2.09 bits per heavy atom. The molecular weight excluding hydrogens is 286 g/mol. The molecule has 2 aromatic heterocycles. The van der Waals surface area contributed by atoms with Crippen molar-refractivity contribution in [3.05, 3.63) is 29.1 Å². The highest BCUT2D eigenvalue weighted by molar-refractivity contribution is 5.85. The minimum absolute atomic E-state index is 0.344. The molecule has 3 rings (SSSR count). The predicted octanol–water partition coefficient (Wildman–Crippen LogP) is 3.75. The van der Waals surface area contributed by atoms with Crippen molar-refractivity contribution in [2.24, 2.45) is 11.3 Å². The summed E-state index contributed by atoms with van der Waals surface area (Å²) in [6.07, 6.45) is 4.20. The fourth-order valence-electron chi connectivity index (χ4n) is 3.03. The Labute approximate surface area is 139 Å². The number of hydrogen-bond acceptors (Lipinski definition) is 3. The summed E-state index contributed by atoms with van der Waals surface area (Å²) in [7, 11) is 1.93. The third-order valence-electron chi connectivity index (χ3n) is 4.69. The highest BCUT2D eigenvalue weighted by Crippen LogP contribution is 2.37. The zero-order chi connectivity index (χ0) is 17.0. The Morgan fingerprint density at radius 1 is 1.39 bits per heavy atom. The van der Waals surface area contributed by atoms with Crippen molar-refractivity contribution in [2.45, 2.75) is 47.0 Å². The second-order valence-corrected chi connectivity index (χ2v) is 7.38. The number of aromatic nitrogens is 2. The fourth-order valence-corrected chi connectivity index (χ4v) is 3.03. The smallest absolute Gasteiger partial charge is 0.166 e. The molecule has 0 aliphatic heterocycles. The van der Waals surface area contributed by atoms with Crippen molar-refractivity contribution in [3.63, 3.8) is 0 Å². The van der Waals surface area contributed by atoms with Gasteiger partial charge >= 0.3 is 0 Å².